The molecule has 2 aliphatic heterocycles. The van der Waals surface area contributed by atoms with Gasteiger partial charge in [0.25, 0.3) is 5.91 Å². The molecule has 0 radical (unpaired) electrons. The molecule has 2 atom stereocenters. The van der Waals surface area contributed by atoms with Gasteiger partial charge in [0.05, 0.1) is 12.3 Å². The Balaban J connectivity index is 1.62. The number of nitrogens with one attached hydrogen (secondary N) is 1. The van der Waals surface area contributed by atoms with Gasteiger partial charge in [-0.3, -0.25) is 4.79 Å². The number of halogens is 2. The second kappa shape index (κ2) is 6.03. The molecule has 2 aromatic rings. The minimum absolute atomic E-state index is 0.110. The van der Waals surface area contributed by atoms with E-state index in [2.05, 4.69) is 5.32 Å². The molecule has 0 bridgehead atoms. The van der Waals surface area contributed by atoms with Gasteiger partial charge in [0.1, 0.15) is 23.5 Å². The van der Waals surface area contributed by atoms with Crippen LogP contribution in [0.5, 0.6) is 5.75 Å². The molecule has 0 spiro atoms. The fourth-order valence-electron chi connectivity index (χ4n) is 3.12. The maximum Gasteiger partial charge on any atom is 0.268 e. The van der Waals surface area contributed by atoms with E-state index < -0.39 is 29.6 Å². The zero-order valence-electron chi connectivity index (χ0n) is 14.2. The molecule has 4 rings (SSSR count). The molecule has 0 aromatic heterocycles. The normalized spacial score (nSPS) is 23.9. The van der Waals surface area contributed by atoms with E-state index in [4.69, 9.17) is 14.2 Å². The summed E-state index contributed by atoms with van der Waals surface area (Å²) in [5.74, 6) is -1.80. The van der Waals surface area contributed by atoms with Crippen LogP contribution in [0.15, 0.2) is 36.4 Å². The molecule has 0 saturated carbocycles. The standard InChI is InChI=1S/C19H17F2NO4/c1-19(2)24-9-16(26-19)17-18(23)22-14-7-10(3-6-15(14)25-17)12-8-11(20)4-5-13(12)21/h3-8,16-17H,9H2,1-2H3,(H,22,23)/t16-,17+/m1/s1. The van der Waals surface area contributed by atoms with Gasteiger partial charge in [-0.25, -0.2) is 8.78 Å². The Hall–Kier alpha value is -2.51. The van der Waals surface area contributed by atoms with Crippen molar-refractivity contribution >= 4 is 11.6 Å². The van der Waals surface area contributed by atoms with Crippen LogP contribution in [0.1, 0.15) is 13.8 Å². The molecule has 5 nitrogen and oxygen atoms in total. The lowest BCUT2D eigenvalue weighted by Crippen LogP contribution is -2.47. The van der Waals surface area contributed by atoms with Crippen LogP contribution in [0.25, 0.3) is 11.1 Å². The summed E-state index contributed by atoms with van der Waals surface area (Å²) in [7, 11) is 0. The molecule has 0 aliphatic carbocycles. The molecule has 2 heterocycles. The molecule has 7 heteroatoms. The first kappa shape index (κ1) is 16.9. The van der Waals surface area contributed by atoms with Gasteiger partial charge in [-0.15, -0.1) is 0 Å². The second-order valence-electron chi connectivity index (χ2n) is 6.73. The fourth-order valence-corrected chi connectivity index (χ4v) is 3.12. The van der Waals surface area contributed by atoms with E-state index in [1.165, 1.54) is 0 Å². The van der Waals surface area contributed by atoms with Gasteiger partial charge in [0, 0.05) is 5.56 Å². The van der Waals surface area contributed by atoms with Gasteiger partial charge in [-0.05, 0) is 49.7 Å². The third-order valence-corrected chi connectivity index (χ3v) is 4.36. The predicted molar refractivity (Wildman–Crippen MR) is 89.7 cm³/mol. The topological polar surface area (TPSA) is 56.8 Å². The van der Waals surface area contributed by atoms with Crippen LogP contribution in [0.4, 0.5) is 14.5 Å². The van der Waals surface area contributed by atoms with Crippen LogP contribution in [-0.4, -0.2) is 30.5 Å². The van der Waals surface area contributed by atoms with E-state index >= 15 is 0 Å². The number of amides is 1. The molecule has 2 aliphatic rings. The van der Waals surface area contributed by atoms with Gasteiger partial charge >= 0.3 is 0 Å². The van der Waals surface area contributed by atoms with E-state index in [1.54, 1.807) is 32.0 Å². The van der Waals surface area contributed by atoms with Crippen molar-refractivity contribution in [2.75, 3.05) is 11.9 Å². The van der Waals surface area contributed by atoms with Crippen LogP contribution in [0.3, 0.4) is 0 Å². The van der Waals surface area contributed by atoms with E-state index in [1.807, 2.05) is 0 Å². The highest BCUT2D eigenvalue weighted by molar-refractivity contribution is 5.99. The largest absolute Gasteiger partial charge is 0.476 e. The Morgan fingerprint density at radius 1 is 1.15 bits per heavy atom. The highest BCUT2D eigenvalue weighted by atomic mass is 19.1. The SMILES string of the molecule is CC1(C)OC[C@H]([C@@H]2Oc3ccc(-c4cc(F)ccc4F)cc3NC2=O)O1. The van der Waals surface area contributed by atoms with Crippen molar-refractivity contribution in [1.82, 2.24) is 0 Å². The number of ether oxygens (including phenoxy) is 3. The highest BCUT2D eigenvalue weighted by Gasteiger charge is 2.43. The Bertz CT molecular complexity index is 884. The van der Waals surface area contributed by atoms with E-state index in [-0.39, 0.29) is 18.1 Å². The lowest BCUT2D eigenvalue weighted by Gasteiger charge is -2.29. The number of hydrogen-bond donors (Lipinski definition) is 1. The lowest BCUT2D eigenvalue weighted by atomic mass is 10.0. The maximum absolute atomic E-state index is 14.0. The van der Waals surface area contributed by atoms with Crippen molar-refractivity contribution in [1.29, 1.82) is 0 Å². The third-order valence-electron chi connectivity index (χ3n) is 4.36. The molecule has 0 unspecified atom stereocenters. The van der Waals surface area contributed by atoms with Gasteiger partial charge in [0.15, 0.2) is 5.79 Å². The first-order valence-electron chi connectivity index (χ1n) is 8.21. The van der Waals surface area contributed by atoms with Gasteiger partial charge in [-0.1, -0.05) is 6.07 Å². The third kappa shape index (κ3) is 3.04. The summed E-state index contributed by atoms with van der Waals surface area (Å²) in [5.41, 5.74) is 0.939. The summed E-state index contributed by atoms with van der Waals surface area (Å²) in [6.45, 7) is 3.77. The number of carbonyl (C=O) groups is 1. The quantitative estimate of drug-likeness (QED) is 0.890. The maximum atomic E-state index is 14.0. The predicted octanol–water partition coefficient (Wildman–Crippen LogP) is 3.48. The van der Waals surface area contributed by atoms with Gasteiger partial charge < -0.3 is 19.5 Å². The number of carbonyl (C=O) groups excluding carboxylic acids is 1. The number of rotatable bonds is 2. The number of hydrogen-bond acceptors (Lipinski definition) is 4. The molecular weight excluding hydrogens is 344 g/mol. The Morgan fingerprint density at radius 3 is 2.69 bits per heavy atom. The van der Waals surface area contributed by atoms with E-state index in [0.717, 1.165) is 18.2 Å². The summed E-state index contributed by atoms with van der Waals surface area (Å²) < 4.78 is 44.4. The Kier molecular flexibility index (Phi) is 3.93. The monoisotopic (exact) mass is 361 g/mol. The number of benzene rings is 2. The van der Waals surface area contributed by atoms with Gasteiger partial charge in [0.2, 0.25) is 6.10 Å². The molecule has 1 saturated heterocycles. The van der Waals surface area contributed by atoms with E-state index in [9.17, 15) is 13.6 Å². The first-order chi connectivity index (χ1) is 12.3. The Labute approximate surface area is 148 Å². The smallest absolute Gasteiger partial charge is 0.268 e. The first-order valence-corrected chi connectivity index (χ1v) is 8.21. The molecule has 26 heavy (non-hydrogen) atoms. The molecule has 1 amide bonds. The second-order valence-corrected chi connectivity index (χ2v) is 6.73. The van der Waals surface area contributed by atoms with Crippen LogP contribution in [0.2, 0.25) is 0 Å². The van der Waals surface area contributed by atoms with Crippen LogP contribution < -0.4 is 10.1 Å². The van der Waals surface area contributed by atoms with Crippen molar-refractivity contribution in [3.05, 3.63) is 48.0 Å². The summed E-state index contributed by atoms with van der Waals surface area (Å²) in [5, 5.41) is 2.74. The molecular formula is C19H17F2NO4. The minimum atomic E-state index is -0.846. The van der Waals surface area contributed by atoms with Crippen molar-refractivity contribution in [2.24, 2.45) is 0 Å². The Morgan fingerprint density at radius 2 is 1.96 bits per heavy atom. The van der Waals surface area contributed by atoms with Crippen molar-refractivity contribution in [3.63, 3.8) is 0 Å². The summed E-state index contributed by atoms with van der Waals surface area (Å²) in [6, 6.07) is 8.00. The summed E-state index contributed by atoms with van der Waals surface area (Å²) >= 11 is 0. The summed E-state index contributed by atoms with van der Waals surface area (Å²) in [6.07, 6.45) is -1.38. The molecule has 136 valence electrons. The molecule has 1 N–H and O–H groups in total. The average Bonchev–Trinajstić information content (AvgIpc) is 2.95. The zero-order chi connectivity index (χ0) is 18.5. The highest BCUT2D eigenvalue weighted by Crippen LogP contribution is 2.37. The van der Waals surface area contributed by atoms with Crippen molar-refractivity contribution < 1.29 is 27.8 Å². The van der Waals surface area contributed by atoms with E-state index in [0.29, 0.717) is 17.0 Å². The summed E-state index contributed by atoms with van der Waals surface area (Å²) in [4.78, 5) is 12.4. The molecule has 2 aromatic carbocycles. The van der Waals surface area contributed by atoms with Crippen molar-refractivity contribution in [3.8, 4) is 16.9 Å². The lowest BCUT2D eigenvalue weighted by molar-refractivity contribution is -0.154. The van der Waals surface area contributed by atoms with Crippen LogP contribution in [-0.2, 0) is 14.3 Å². The van der Waals surface area contributed by atoms with Crippen LogP contribution >= 0.6 is 0 Å². The average molecular weight is 361 g/mol. The minimum Gasteiger partial charge on any atom is -0.476 e. The van der Waals surface area contributed by atoms with Crippen LogP contribution in [0, 0.1) is 11.6 Å². The fraction of sp³-hybridized carbons (Fsp3) is 0.316. The van der Waals surface area contributed by atoms with Crippen molar-refractivity contribution in [2.45, 2.75) is 31.8 Å². The number of anilines is 1. The molecule has 1 fully saturated rings. The zero-order valence-corrected chi connectivity index (χ0v) is 14.2. The number of fused-ring (bicyclic) bond motifs is 1. The van der Waals surface area contributed by atoms with Gasteiger partial charge in [-0.2, -0.15) is 0 Å².